The first-order valence-corrected chi connectivity index (χ1v) is 8.63. The second-order valence-electron chi connectivity index (χ2n) is 6.61. The molecule has 1 unspecified atom stereocenters. The molecular weight excluding hydrogens is 332 g/mol. The number of aromatic hydroxyl groups is 1. The minimum atomic E-state index is -0.256. The van der Waals surface area contributed by atoms with Gasteiger partial charge in [0.05, 0.1) is 5.92 Å². The smallest absolute Gasteiger partial charge is 0.222 e. The van der Waals surface area contributed by atoms with Gasteiger partial charge in [0.1, 0.15) is 11.6 Å². The summed E-state index contributed by atoms with van der Waals surface area (Å²) in [6.45, 7) is 1.43. The van der Waals surface area contributed by atoms with E-state index in [-0.39, 0.29) is 17.6 Å². The van der Waals surface area contributed by atoms with E-state index in [0.29, 0.717) is 18.6 Å². The van der Waals surface area contributed by atoms with E-state index >= 15 is 0 Å². The molecule has 8 heteroatoms. The molecule has 1 fully saturated rings. The number of phenols is 1. The van der Waals surface area contributed by atoms with Crippen molar-refractivity contribution in [3.8, 4) is 5.75 Å². The Morgan fingerprint density at radius 2 is 2.00 bits per heavy atom. The van der Waals surface area contributed by atoms with Gasteiger partial charge in [0, 0.05) is 19.5 Å². The maximum atomic E-state index is 11.5. The second-order valence-corrected chi connectivity index (χ2v) is 6.61. The van der Waals surface area contributed by atoms with Crippen LogP contribution in [0.25, 0.3) is 5.65 Å². The average Bonchev–Trinajstić information content (AvgIpc) is 3.06. The lowest BCUT2D eigenvalue weighted by Crippen LogP contribution is -2.41. The maximum Gasteiger partial charge on any atom is 0.222 e. The third kappa shape index (κ3) is 3.17. The Kier molecular flexibility index (Phi) is 4.16. The van der Waals surface area contributed by atoms with Gasteiger partial charge in [0.25, 0.3) is 0 Å². The Morgan fingerprint density at radius 1 is 1.19 bits per heavy atom. The highest BCUT2D eigenvalue weighted by molar-refractivity contribution is 5.77. The summed E-state index contributed by atoms with van der Waals surface area (Å²) < 4.78 is 1.73. The molecule has 8 nitrogen and oxygen atoms in total. The number of amides is 1. The zero-order valence-corrected chi connectivity index (χ0v) is 14.2. The Hall–Kier alpha value is -3.16. The van der Waals surface area contributed by atoms with Crippen LogP contribution in [-0.2, 0) is 11.2 Å². The number of benzene rings is 1. The van der Waals surface area contributed by atoms with Crippen molar-refractivity contribution in [2.24, 2.45) is 11.7 Å². The minimum Gasteiger partial charge on any atom is -0.508 e. The molecule has 0 bridgehead atoms. The predicted octanol–water partition coefficient (Wildman–Crippen LogP) is 1.12. The SMILES string of the molecule is NC(=O)C1CCCN(c2ccc3nnc(Cc4ccc(O)cc4)n3n2)C1. The zero-order valence-electron chi connectivity index (χ0n) is 14.2. The molecule has 1 aliphatic rings. The molecule has 3 N–H and O–H groups in total. The van der Waals surface area contributed by atoms with Crippen LogP contribution < -0.4 is 10.6 Å². The van der Waals surface area contributed by atoms with E-state index in [0.717, 1.165) is 36.6 Å². The Morgan fingerprint density at radius 3 is 2.77 bits per heavy atom. The molecule has 2 aromatic heterocycles. The molecular formula is C18H20N6O2. The van der Waals surface area contributed by atoms with Gasteiger partial charge < -0.3 is 15.7 Å². The van der Waals surface area contributed by atoms with Crippen LogP contribution in [0.3, 0.4) is 0 Å². The molecule has 4 rings (SSSR count). The standard InChI is InChI=1S/C18H20N6O2/c19-18(26)13-2-1-9-23(11-13)16-8-7-15-20-21-17(24(15)22-16)10-12-3-5-14(25)6-4-12/h3-8,13,25H,1-2,9-11H2,(H2,19,26). The fraction of sp³-hybridized carbons (Fsp3) is 0.333. The summed E-state index contributed by atoms with van der Waals surface area (Å²) in [6.07, 6.45) is 2.30. The summed E-state index contributed by atoms with van der Waals surface area (Å²) >= 11 is 0. The third-order valence-electron chi connectivity index (χ3n) is 4.76. The summed E-state index contributed by atoms with van der Waals surface area (Å²) in [4.78, 5) is 13.6. The molecule has 1 saturated heterocycles. The second kappa shape index (κ2) is 6.62. The highest BCUT2D eigenvalue weighted by atomic mass is 16.3. The van der Waals surface area contributed by atoms with Gasteiger partial charge in [-0.3, -0.25) is 4.79 Å². The topological polar surface area (TPSA) is 110 Å². The fourth-order valence-corrected chi connectivity index (χ4v) is 3.32. The van der Waals surface area contributed by atoms with E-state index in [4.69, 9.17) is 5.73 Å². The molecule has 26 heavy (non-hydrogen) atoms. The van der Waals surface area contributed by atoms with Gasteiger partial charge in [-0.05, 0) is 42.7 Å². The Labute approximate surface area is 150 Å². The number of phenolic OH excluding ortho intramolecular Hbond substituents is 1. The number of rotatable bonds is 4. The van der Waals surface area contributed by atoms with Crippen molar-refractivity contribution < 1.29 is 9.90 Å². The molecule has 3 aromatic rings. The van der Waals surface area contributed by atoms with Crippen molar-refractivity contribution in [2.75, 3.05) is 18.0 Å². The van der Waals surface area contributed by atoms with Crippen LogP contribution in [0.15, 0.2) is 36.4 Å². The lowest BCUT2D eigenvalue weighted by molar-refractivity contribution is -0.122. The first-order valence-electron chi connectivity index (χ1n) is 8.63. The summed E-state index contributed by atoms with van der Waals surface area (Å²) in [5.74, 6) is 1.34. The number of piperidine rings is 1. The van der Waals surface area contributed by atoms with Gasteiger partial charge in [-0.1, -0.05) is 12.1 Å². The van der Waals surface area contributed by atoms with Gasteiger partial charge in [0.2, 0.25) is 5.91 Å². The summed E-state index contributed by atoms with van der Waals surface area (Å²) in [6, 6.07) is 10.8. The van der Waals surface area contributed by atoms with Crippen LogP contribution in [0.1, 0.15) is 24.2 Å². The molecule has 1 atom stereocenters. The first kappa shape index (κ1) is 16.3. The summed E-state index contributed by atoms with van der Waals surface area (Å²) in [5, 5.41) is 22.5. The number of primary amides is 1. The van der Waals surface area contributed by atoms with Gasteiger partial charge in [0.15, 0.2) is 11.5 Å². The number of fused-ring (bicyclic) bond motifs is 1. The van der Waals surface area contributed by atoms with Crippen molar-refractivity contribution in [1.29, 1.82) is 0 Å². The van der Waals surface area contributed by atoms with Crippen molar-refractivity contribution in [1.82, 2.24) is 19.8 Å². The van der Waals surface area contributed by atoms with E-state index < -0.39 is 0 Å². The van der Waals surface area contributed by atoms with Crippen molar-refractivity contribution in [2.45, 2.75) is 19.3 Å². The van der Waals surface area contributed by atoms with Gasteiger partial charge >= 0.3 is 0 Å². The van der Waals surface area contributed by atoms with Crippen LogP contribution in [0, 0.1) is 5.92 Å². The largest absolute Gasteiger partial charge is 0.508 e. The number of nitrogens with two attached hydrogens (primary N) is 1. The predicted molar refractivity (Wildman–Crippen MR) is 95.8 cm³/mol. The summed E-state index contributed by atoms with van der Waals surface area (Å²) in [5.41, 5.74) is 7.16. The molecule has 1 amide bonds. The van der Waals surface area contributed by atoms with Gasteiger partial charge in [-0.25, -0.2) is 0 Å². The first-order chi connectivity index (χ1) is 12.6. The Balaban J connectivity index is 1.62. The average molecular weight is 352 g/mol. The monoisotopic (exact) mass is 352 g/mol. The number of aromatic nitrogens is 4. The van der Waals surface area contributed by atoms with Crippen LogP contribution in [-0.4, -0.2) is 43.9 Å². The molecule has 0 aliphatic carbocycles. The molecule has 0 saturated carbocycles. The Bertz CT molecular complexity index is 937. The highest BCUT2D eigenvalue weighted by Gasteiger charge is 2.25. The lowest BCUT2D eigenvalue weighted by Gasteiger charge is -2.31. The van der Waals surface area contributed by atoms with E-state index in [2.05, 4.69) is 20.2 Å². The van der Waals surface area contributed by atoms with Crippen LogP contribution in [0.2, 0.25) is 0 Å². The van der Waals surface area contributed by atoms with Gasteiger partial charge in [-0.2, -0.15) is 4.52 Å². The highest BCUT2D eigenvalue weighted by Crippen LogP contribution is 2.22. The van der Waals surface area contributed by atoms with Gasteiger partial charge in [-0.15, -0.1) is 15.3 Å². The van der Waals surface area contributed by atoms with Crippen molar-refractivity contribution >= 4 is 17.4 Å². The van der Waals surface area contributed by atoms with Crippen LogP contribution in [0.4, 0.5) is 5.82 Å². The number of hydrogen-bond acceptors (Lipinski definition) is 6. The fourth-order valence-electron chi connectivity index (χ4n) is 3.32. The molecule has 3 heterocycles. The van der Waals surface area contributed by atoms with E-state index in [9.17, 15) is 9.90 Å². The number of carbonyl (C=O) groups is 1. The number of anilines is 1. The minimum absolute atomic E-state index is 0.140. The van der Waals surface area contributed by atoms with Crippen molar-refractivity contribution in [3.05, 3.63) is 47.8 Å². The normalized spacial score (nSPS) is 17.5. The quantitative estimate of drug-likeness (QED) is 0.728. The van der Waals surface area contributed by atoms with E-state index in [1.807, 2.05) is 24.3 Å². The molecule has 134 valence electrons. The summed E-state index contributed by atoms with van der Waals surface area (Å²) in [7, 11) is 0. The number of hydrogen-bond donors (Lipinski definition) is 2. The van der Waals surface area contributed by atoms with E-state index in [1.165, 1.54) is 0 Å². The molecule has 1 aliphatic heterocycles. The molecule has 1 aromatic carbocycles. The number of nitrogens with zero attached hydrogens (tertiary/aromatic N) is 5. The van der Waals surface area contributed by atoms with Crippen molar-refractivity contribution in [3.63, 3.8) is 0 Å². The van der Waals surface area contributed by atoms with E-state index in [1.54, 1.807) is 16.6 Å². The molecule has 0 radical (unpaired) electrons. The zero-order chi connectivity index (χ0) is 18.1. The lowest BCUT2D eigenvalue weighted by atomic mass is 9.97. The molecule has 0 spiro atoms. The number of carbonyl (C=O) groups excluding carboxylic acids is 1. The third-order valence-corrected chi connectivity index (χ3v) is 4.76. The maximum absolute atomic E-state index is 11.5. The van der Waals surface area contributed by atoms with Crippen LogP contribution >= 0.6 is 0 Å². The van der Waals surface area contributed by atoms with Crippen LogP contribution in [0.5, 0.6) is 5.75 Å².